The van der Waals surface area contributed by atoms with Crippen molar-refractivity contribution in [2.45, 2.75) is 44.6 Å². The van der Waals surface area contributed by atoms with E-state index in [1.54, 1.807) is 6.07 Å². The van der Waals surface area contributed by atoms with Crippen LogP contribution in [0.4, 0.5) is 11.5 Å². The first kappa shape index (κ1) is 12.5. The lowest BCUT2D eigenvalue weighted by Gasteiger charge is -2.29. The summed E-state index contributed by atoms with van der Waals surface area (Å²) in [5, 5.41) is 0.509. The van der Waals surface area contributed by atoms with E-state index in [9.17, 15) is 0 Å². The number of rotatable bonds is 2. The van der Waals surface area contributed by atoms with Crippen LogP contribution in [0.1, 0.15) is 38.5 Å². The van der Waals surface area contributed by atoms with Gasteiger partial charge in [-0.25, -0.2) is 4.98 Å². The molecule has 0 atom stereocenters. The van der Waals surface area contributed by atoms with Gasteiger partial charge in [-0.3, -0.25) is 0 Å². The average molecular weight is 254 g/mol. The normalized spacial score (nSPS) is 17.8. The maximum atomic E-state index is 5.97. The van der Waals surface area contributed by atoms with Crippen LogP contribution >= 0.6 is 11.6 Å². The first-order valence-corrected chi connectivity index (χ1v) is 6.71. The van der Waals surface area contributed by atoms with E-state index in [1.165, 1.54) is 38.5 Å². The SMILES string of the molecule is CN(c1nc(Cl)ccc1N)C1CCCCCC1. The maximum Gasteiger partial charge on any atom is 0.153 e. The molecular formula is C13H20ClN3. The van der Waals surface area contributed by atoms with E-state index < -0.39 is 0 Å². The zero-order valence-electron chi connectivity index (χ0n) is 10.3. The van der Waals surface area contributed by atoms with Gasteiger partial charge in [-0.2, -0.15) is 0 Å². The molecule has 1 aromatic heterocycles. The summed E-state index contributed by atoms with van der Waals surface area (Å²) in [6.07, 6.45) is 7.75. The van der Waals surface area contributed by atoms with E-state index in [2.05, 4.69) is 16.9 Å². The molecule has 0 saturated heterocycles. The second-order valence-electron chi connectivity index (χ2n) is 4.80. The van der Waals surface area contributed by atoms with E-state index in [0.29, 0.717) is 16.9 Å². The van der Waals surface area contributed by atoms with Crippen LogP contribution < -0.4 is 10.6 Å². The second-order valence-corrected chi connectivity index (χ2v) is 5.19. The molecule has 1 fully saturated rings. The van der Waals surface area contributed by atoms with Crippen molar-refractivity contribution in [1.29, 1.82) is 0 Å². The van der Waals surface area contributed by atoms with Crippen molar-refractivity contribution in [3.8, 4) is 0 Å². The first-order valence-electron chi connectivity index (χ1n) is 6.33. The summed E-state index contributed by atoms with van der Waals surface area (Å²) in [6.45, 7) is 0. The van der Waals surface area contributed by atoms with Crippen LogP contribution in [0, 0.1) is 0 Å². The number of nitrogen functional groups attached to an aromatic ring is 1. The van der Waals surface area contributed by atoms with Crippen molar-refractivity contribution in [2.75, 3.05) is 17.7 Å². The highest BCUT2D eigenvalue weighted by Gasteiger charge is 2.19. The Labute approximate surface area is 108 Å². The molecule has 4 heteroatoms. The largest absolute Gasteiger partial charge is 0.396 e. The summed E-state index contributed by atoms with van der Waals surface area (Å²) in [7, 11) is 2.07. The van der Waals surface area contributed by atoms with E-state index in [4.69, 9.17) is 17.3 Å². The average Bonchev–Trinajstić information content (AvgIpc) is 2.60. The van der Waals surface area contributed by atoms with Gasteiger partial charge in [0.15, 0.2) is 5.82 Å². The molecule has 2 N–H and O–H groups in total. The Hall–Kier alpha value is -0.960. The van der Waals surface area contributed by atoms with Crippen molar-refractivity contribution in [3.63, 3.8) is 0 Å². The van der Waals surface area contributed by atoms with E-state index in [1.807, 2.05) is 6.07 Å². The summed E-state index contributed by atoms with van der Waals surface area (Å²) in [4.78, 5) is 6.55. The molecule has 1 aromatic rings. The lowest BCUT2D eigenvalue weighted by Crippen LogP contribution is -2.32. The Morgan fingerprint density at radius 1 is 1.24 bits per heavy atom. The van der Waals surface area contributed by atoms with Gasteiger partial charge in [0.2, 0.25) is 0 Å². The molecule has 0 radical (unpaired) electrons. The smallest absolute Gasteiger partial charge is 0.153 e. The molecular weight excluding hydrogens is 234 g/mol. The van der Waals surface area contributed by atoms with Gasteiger partial charge in [0.1, 0.15) is 5.15 Å². The summed E-state index contributed by atoms with van der Waals surface area (Å²) in [5.41, 5.74) is 6.68. The summed E-state index contributed by atoms with van der Waals surface area (Å²) in [6, 6.07) is 4.12. The maximum absolute atomic E-state index is 5.97. The summed E-state index contributed by atoms with van der Waals surface area (Å²) >= 11 is 5.94. The third-order valence-corrected chi connectivity index (χ3v) is 3.79. The molecule has 17 heavy (non-hydrogen) atoms. The predicted octanol–water partition coefficient (Wildman–Crippen LogP) is 3.48. The number of anilines is 2. The molecule has 1 saturated carbocycles. The van der Waals surface area contributed by atoms with E-state index in [-0.39, 0.29) is 0 Å². The minimum atomic E-state index is 0.509. The Morgan fingerprint density at radius 2 is 1.88 bits per heavy atom. The Bertz CT molecular complexity index is 373. The number of nitrogens with zero attached hydrogens (tertiary/aromatic N) is 2. The van der Waals surface area contributed by atoms with Gasteiger partial charge in [-0.1, -0.05) is 37.3 Å². The zero-order valence-corrected chi connectivity index (χ0v) is 11.1. The van der Waals surface area contributed by atoms with Gasteiger partial charge in [0.25, 0.3) is 0 Å². The van der Waals surface area contributed by atoms with Gasteiger partial charge in [-0.05, 0) is 25.0 Å². The van der Waals surface area contributed by atoms with Crippen LogP contribution in [-0.4, -0.2) is 18.1 Å². The van der Waals surface area contributed by atoms with Crippen molar-refractivity contribution < 1.29 is 0 Å². The van der Waals surface area contributed by atoms with E-state index in [0.717, 1.165) is 5.82 Å². The second kappa shape index (κ2) is 5.58. The molecule has 0 bridgehead atoms. The third-order valence-electron chi connectivity index (χ3n) is 3.58. The standard InChI is InChI=1S/C13H20ClN3/c1-17(10-6-4-2-3-5-7-10)13-11(15)8-9-12(14)16-13/h8-10H,2-7,15H2,1H3. The monoisotopic (exact) mass is 253 g/mol. The van der Waals surface area contributed by atoms with Crippen molar-refractivity contribution in [2.24, 2.45) is 0 Å². The van der Waals surface area contributed by atoms with Crippen LogP contribution in [0.5, 0.6) is 0 Å². The van der Waals surface area contributed by atoms with Crippen LogP contribution in [0.15, 0.2) is 12.1 Å². The van der Waals surface area contributed by atoms with Crippen LogP contribution in [-0.2, 0) is 0 Å². The molecule has 1 aliphatic carbocycles. The van der Waals surface area contributed by atoms with Gasteiger partial charge < -0.3 is 10.6 Å². The molecule has 2 rings (SSSR count). The minimum Gasteiger partial charge on any atom is -0.396 e. The predicted molar refractivity (Wildman–Crippen MR) is 73.6 cm³/mol. The van der Waals surface area contributed by atoms with Crippen molar-refractivity contribution >= 4 is 23.1 Å². The fraction of sp³-hybridized carbons (Fsp3) is 0.615. The Morgan fingerprint density at radius 3 is 2.53 bits per heavy atom. The molecule has 1 aliphatic rings. The number of nitrogens with two attached hydrogens (primary N) is 1. The zero-order chi connectivity index (χ0) is 12.3. The van der Waals surface area contributed by atoms with Crippen molar-refractivity contribution in [1.82, 2.24) is 4.98 Å². The molecule has 0 aliphatic heterocycles. The van der Waals surface area contributed by atoms with Gasteiger partial charge in [0.05, 0.1) is 5.69 Å². The highest BCUT2D eigenvalue weighted by Crippen LogP contribution is 2.28. The van der Waals surface area contributed by atoms with Crippen LogP contribution in [0.25, 0.3) is 0 Å². The molecule has 0 amide bonds. The number of aromatic nitrogens is 1. The number of pyridine rings is 1. The molecule has 0 spiro atoms. The van der Waals surface area contributed by atoms with E-state index >= 15 is 0 Å². The Balaban J connectivity index is 2.16. The topological polar surface area (TPSA) is 42.2 Å². The highest BCUT2D eigenvalue weighted by molar-refractivity contribution is 6.29. The van der Waals surface area contributed by atoms with Crippen LogP contribution in [0.2, 0.25) is 5.15 Å². The molecule has 3 nitrogen and oxygen atoms in total. The summed E-state index contributed by atoms with van der Waals surface area (Å²) in [5.74, 6) is 0.824. The van der Waals surface area contributed by atoms with Gasteiger partial charge in [0, 0.05) is 13.1 Å². The lowest BCUT2D eigenvalue weighted by molar-refractivity contribution is 0.550. The quantitative estimate of drug-likeness (QED) is 0.648. The first-order chi connectivity index (χ1) is 8.18. The fourth-order valence-electron chi connectivity index (χ4n) is 2.54. The van der Waals surface area contributed by atoms with Crippen molar-refractivity contribution in [3.05, 3.63) is 17.3 Å². The third kappa shape index (κ3) is 3.03. The Kier molecular flexibility index (Phi) is 4.11. The molecule has 1 heterocycles. The number of halogens is 1. The molecule has 0 aromatic carbocycles. The molecule has 0 unspecified atom stereocenters. The lowest BCUT2D eigenvalue weighted by atomic mass is 10.1. The number of hydrogen-bond donors (Lipinski definition) is 1. The number of hydrogen-bond acceptors (Lipinski definition) is 3. The fourth-order valence-corrected chi connectivity index (χ4v) is 2.68. The molecule has 94 valence electrons. The van der Waals surface area contributed by atoms with Gasteiger partial charge in [-0.15, -0.1) is 0 Å². The minimum absolute atomic E-state index is 0.509. The summed E-state index contributed by atoms with van der Waals surface area (Å²) < 4.78 is 0. The van der Waals surface area contributed by atoms with Crippen LogP contribution in [0.3, 0.4) is 0 Å². The van der Waals surface area contributed by atoms with Gasteiger partial charge >= 0.3 is 0 Å². The highest BCUT2D eigenvalue weighted by atomic mass is 35.5.